The van der Waals surface area contributed by atoms with Gasteiger partial charge in [0.25, 0.3) is 5.91 Å². The molecule has 2 rings (SSSR count). The zero-order valence-electron chi connectivity index (χ0n) is 14.0. The number of methoxy groups -OCH3 is 1. The summed E-state index contributed by atoms with van der Waals surface area (Å²) in [5.74, 6) is 0.0968. The summed E-state index contributed by atoms with van der Waals surface area (Å²) < 4.78 is 5.97. The Labute approximate surface area is 170 Å². The molecule has 0 spiro atoms. The number of carbonyl (C=O) groups is 2. The van der Waals surface area contributed by atoms with Crippen molar-refractivity contribution in [2.75, 3.05) is 7.11 Å². The van der Waals surface area contributed by atoms with Crippen LogP contribution in [-0.4, -0.2) is 24.0 Å². The van der Waals surface area contributed by atoms with Crippen LogP contribution >= 0.6 is 34.8 Å². The molecule has 0 bridgehead atoms. The second kappa shape index (κ2) is 10.1. The first-order chi connectivity index (χ1) is 12.5. The molecule has 3 N–H and O–H groups in total. The van der Waals surface area contributed by atoms with Crippen LogP contribution in [-0.2, 0) is 11.2 Å². The second-order valence-electron chi connectivity index (χ2n) is 5.29. The lowest BCUT2D eigenvalue weighted by Crippen LogP contribution is -2.48. The van der Waals surface area contributed by atoms with E-state index < -0.39 is 0 Å². The molecule has 8 heteroatoms. The number of halogens is 1. The number of hydrogen-bond acceptors (Lipinski definition) is 4. The summed E-state index contributed by atoms with van der Waals surface area (Å²) >= 11 is 7.11. The standard InChI is InChI=1S/C18H18IN3O3S/c1-25-15-9-8-13(11-14(15)19)17(24)20-18(26)22-21-16(23)10-7-12-5-3-2-4-6-12/h2-6,8-9,11H,7,10H2,1H3,(H,21,23)(H2,20,22,24,26). The molecule has 0 radical (unpaired) electrons. The Hall–Kier alpha value is -2.20. The number of benzene rings is 2. The van der Waals surface area contributed by atoms with E-state index in [9.17, 15) is 9.59 Å². The molecular formula is C18H18IN3O3S. The zero-order valence-corrected chi connectivity index (χ0v) is 17.0. The van der Waals surface area contributed by atoms with E-state index in [0.29, 0.717) is 24.2 Å². The average Bonchev–Trinajstić information content (AvgIpc) is 2.65. The number of thiocarbonyl (C=S) groups is 1. The Kier molecular flexibility index (Phi) is 7.79. The van der Waals surface area contributed by atoms with Gasteiger partial charge in [-0.05, 0) is 65.0 Å². The Morgan fingerprint density at radius 3 is 2.50 bits per heavy atom. The van der Waals surface area contributed by atoms with Gasteiger partial charge in [-0.25, -0.2) is 0 Å². The highest BCUT2D eigenvalue weighted by Gasteiger charge is 2.11. The van der Waals surface area contributed by atoms with Crippen LogP contribution in [0.5, 0.6) is 5.75 Å². The fraction of sp³-hybridized carbons (Fsp3) is 0.167. The van der Waals surface area contributed by atoms with Gasteiger partial charge in [-0.3, -0.25) is 25.8 Å². The molecule has 0 unspecified atom stereocenters. The van der Waals surface area contributed by atoms with E-state index in [1.54, 1.807) is 25.3 Å². The summed E-state index contributed by atoms with van der Waals surface area (Å²) in [4.78, 5) is 24.0. The smallest absolute Gasteiger partial charge is 0.257 e. The van der Waals surface area contributed by atoms with Crippen molar-refractivity contribution < 1.29 is 14.3 Å². The first kappa shape index (κ1) is 20.1. The second-order valence-corrected chi connectivity index (χ2v) is 6.86. The molecule has 2 amide bonds. The van der Waals surface area contributed by atoms with E-state index >= 15 is 0 Å². The van der Waals surface area contributed by atoms with Crippen molar-refractivity contribution in [3.05, 3.63) is 63.2 Å². The van der Waals surface area contributed by atoms with Crippen LogP contribution in [0.25, 0.3) is 0 Å². The highest BCUT2D eigenvalue weighted by Crippen LogP contribution is 2.21. The van der Waals surface area contributed by atoms with Gasteiger partial charge in [0.2, 0.25) is 5.91 Å². The third-order valence-corrected chi connectivity index (χ3v) is 4.49. The average molecular weight is 483 g/mol. The summed E-state index contributed by atoms with van der Waals surface area (Å²) in [5.41, 5.74) is 6.52. The predicted octanol–water partition coefficient (Wildman–Crippen LogP) is 2.57. The SMILES string of the molecule is COc1ccc(C(=O)NC(=S)NNC(=O)CCc2ccccc2)cc1I. The molecule has 0 heterocycles. The van der Waals surface area contributed by atoms with Gasteiger partial charge in [0, 0.05) is 12.0 Å². The van der Waals surface area contributed by atoms with Crippen molar-refractivity contribution in [3.8, 4) is 5.75 Å². The lowest BCUT2D eigenvalue weighted by atomic mass is 10.1. The van der Waals surface area contributed by atoms with Crippen LogP contribution in [0, 0.1) is 3.57 Å². The summed E-state index contributed by atoms with van der Waals surface area (Å²) in [5, 5.41) is 2.53. The molecule has 26 heavy (non-hydrogen) atoms. The molecule has 136 valence electrons. The van der Waals surface area contributed by atoms with Crippen LogP contribution in [0.3, 0.4) is 0 Å². The van der Waals surface area contributed by atoms with Crippen molar-refractivity contribution in [3.63, 3.8) is 0 Å². The zero-order chi connectivity index (χ0) is 18.9. The molecule has 0 aliphatic carbocycles. The summed E-state index contributed by atoms with van der Waals surface area (Å²) in [6.45, 7) is 0. The van der Waals surface area contributed by atoms with Crippen LogP contribution in [0.1, 0.15) is 22.3 Å². The maximum Gasteiger partial charge on any atom is 0.257 e. The first-order valence-electron chi connectivity index (χ1n) is 7.77. The summed E-state index contributed by atoms with van der Waals surface area (Å²) in [6, 6.07) is 14.7. The predicted molar refractivity (Wildman–Crippen MR) is 112 cm³/mol. The molecule has 2 aromatic rings. The van der Waals surface area contributed by atoms with Gasteiger partial charge in [-0.1, -0.05) is 30.3 Å². The third-order valence-electron chi connectivity index (χ3n) is 3.44. The van der Waals surface area contributed by atoms with E-state index in [2.05, 4.69) is 38.8 Å². The fourth-order valence-electron chi connectivity index (χ4n) is 2.11. The van der Waals surface area contributed by atoms with E-state index in [4.69, 9.17) is 17.0 Å². The molecule has 0 saturated heterocycles. The number of nitrogens with one attached hydrogen (secondary N) is 3. The van der Waals surface area contributed by atoms with Gasteiger partial charge in [-0.15, -0.1) is 0 Å². The van der Waals surface area contributed by atoms with Crippen molar-refractivity contribution in [2.45, 2.75) is 12.8 Å². The minimum Gasteiger partial charge on any atom is -0.496 e. The van der Waals surface area contributed by atoms with Crippen molar-refractivity contribution in [1.82, 2.24) is 16.2 Å². The maximum absolute atomic E-state index is 12.2. The minimum absolute atomic E-state index is 0.0221. The molecule has 6 nitrogen and oxygen atoms in total. The lowest BCUT2D eigenvalue weighted by molar-refractivity contribution is -0.121. The highest BCUT2D eigenvalue weighted by atomic mass is 127. The first-order valence-corrected chi connectivity index (χ1v) is 9.26. The highest BCUT2D eigenvalue weighted by molar-refractivity contribution is 14.1. The number of carbonyl (C=O) groups excluding carboxylic acids is 2. The van der Waals surface area contributed by atoms with Crippen molar-refractivity contribution in [2.24, 2.45) is 0 Å². The Balaban J connectivity index is 1.76. The Morgan fingerprint density at radius 1 is 1.12 bits per heavy atom. The van der Waals surface area contributed by atoms with Gasteiger partial charge in [-0.2, -0.15) is 0 Å². The van der Waals surface area contributed by atoms with Gasteiger partial charge < -0.3 is 4.74 Å². The van der Waals surface area contributed by atoms with Crippen LogP contribution in [0.4, 0.5) is 0 Å². The monoisotopic (exact) mass is 483 g/mol. The van der Waals surface area contributed by atoms with Gasteiger partial charge in [0.15, 0.2) is 5.11 Å². The number of hydrazine groups is 1. The van der Waals surface area contributed by atoms with Gasteiger partial charge in [0.05, 0.1) is 10.7 Å². The molecular weight excluding hydrogens is 465 g/mol. The molecule has 0 aliphatic rings. The lowest BCUT2D eigenvalue weighted by Gasteiger charge is -2.11. The largest absolute Gasteiger partial charge is 0.496 e. The van der Waals surface area contributed by atoms with Crippen LogP contribution in [0.2, 0.25) is 0 Å². The number of aryl methyl sites for hydroxylation is 1. The summed E-state index contributed by atoms with van der Waals surface area (Å²) in [6.07, 6.45) is 0.933. The molecule has 0 aromatic heterocycles. The van der Waals surface area contributed by atoms with E-state index in [0.717, 1.165) is 9.13 Å². The van der Waals surface area contributed by atoms with Gasteiger partial charge >= 0.3 is 0 Å². The quantitative estimate of drug-likeness (QED) is 0.346. The molecule has 0 fully saturated rings. The Bertz CT molecular complexity index is 800. The van der Waals surface area contributed by atoms with Gasteiger partial charge in [0.1, 0.15) is 5.75 Å². The van der Waals surface area contributed by atoms with E-state index in [1.165, 1.54) is 0 Å². The molecule has 0 atom stereocenters. The van der Waals surface area contributed by atoms with Crippen LogP contribution < -0.4 is 20.9 Å². The number of hydrogen-bond donors (Lipinski definition) is 3. The molecule has 0 aliphatic heterocycles. The number of rotatable bonds is 5. The minimum atomic E-state index is -0.374. The summed E-state index contributed by atoms with van der Waals surface area (Å²) in [7, 11) is 1.57. The van der Waals surface area contributed by atoms with E-state index in [-0.39, 0.29) is 16.9 Å². The van der Waals surface area contributed by atoms with Crippen molar-refractivity contribution in [1.29, 1.82) is 0 Å². The maximum atomic E-state index is 12.2. The fourth-order valence-corrected chi connectivity index (χ4v) is 2.98. The van der Waals surface area contributed by atoms with Crippen molar-refractivity contribution >= 4 is 51.7 Å². The van der Waals surface area contributed by atoms with E-state index in [1.807, 2.05) is 30.3 Å². The molecule has 0 saturated carbocycles. The topological polar surface area (TPSA) is 79.5 Å². The third kappa shape index (κ3) is 6.26. The normalized spacial score (nSPS) is 9.92. The number of ether oxygens (including phenoxy) is 1. The number of amides is 2. The van der Waals surface area contributed by atoms with Crippen LogP contribution in [0.15, 0.2) is 48.5 Å². The molecule has 2 aromatic carbocycles. The Morgan fingerprint density at radius 2 is 1.85 bits per heavy atom.